The smallest absolute Gasteiger partial charge is 0.378 e. The number of nitrogens with one attached hydrogen (secondary N) is 1. The highest BCUT2D eigenvalue weighted by Crippen LogP contribution is 2.37. The van der Waals surface area contributed by atoms with Gasteiger partial charge >= 0.3 is 5.97 Å². The summed E-state index contributed by atoms with van der Waals surface area (Å²) in [5, 5.41) is 2.73. The number of carbonyl (C=O) groups excluding carboxylic acids is 3. The standard InChI is InChI=1S/C19H29NO8/c1-7-24-17(23)13(22)9-8-12(20-11(2)21)15-16(28-19(5,6)27-15)14-10-25-18(3,4)26-14/h8-9,12,14-16H,7,10H2,1-6H3,(H,20,21)/b9-8+/t12-,14-,15-,16-/m1/s1. The van der Waals surface area contributed by atoms with Gasteiger partial charge in [-0.25, -0.2) is 4.79 Å². The van der Waals surface area contributed by atoms with Crippen molar-refractivity contribution in [3.63, 3.8) is 0 Å². The molecule has 2 heterocycles. The number of ketones is 1. The summed E-state index contributed by atoms with van der Waals surface area (Å²) in [5.74, 6) is -3.80. The van der Waals surface area contributed by atoms with E-state index < -0.39 is 47.7 Å². The molecule has 2 aliphatic rings. The topological polar surface area (TPSA) is 109 Å². The zero-order valence-electron chi connectivity index (χ0n) is 17.1. The van der Waals surface area contributed by atoms with Gasteiger partial charge in [0.1, 0.15) is 18.3 Å². The first-order valence-electron chi connectivity index (χ1n) is 9.28. The van der Waals surface area contributed by atoms with E-state index in [0.29, 0.717) is 6.61 Å². The number of carbonyl (C=O) groups is 3. The molecule has 1 amide bonds. The molecule has 0 radical (unpaired) electrons. The van der Waals surface area contributed by atoms with Crippen molar-refractivity contribution in [1.29, 1.82) is 0 Å². The van der Waals surface area contributed by atoms with Crippen LogP contribution in [0.1, 0.15) is 41.5 Å². The van der Waals surface area contributed by atoms with Crippen molar-refractivity contribution < 1.29 is 38.1 Å². The van der Waals surface area contributed by atoms with Gasteiger partial charge in [-0.2, -0.15) is 0 Å². The van der Waals surface area contributed by atoms with Crippen molar-refractivity contribution in [3.05, 3.63) is 12.2 Å². The van der Waals surface area contributed by atoms with Crippen molar-refractivity contribution in [2.75, 3.05) is 13.2 Å². The third kappa shape index (κ3) is 5.84. The molecule has 0 aromatic carbocycles. The number of ether oxygens (including phenoxy) is 5. The Morgan fingerprint density at radius 2 is 1.82 bits per heavy atom. The number of esters is 1. The van der Waals surface area contributed by atoms with Crippen LogP contribution >= 0.6 is 0 Å². The second kappa shape index (κ2) is 8.69. The first kappa shape index (κ1) is 22.5. The van der Waals surface area contributed by atoms with E-state index in [-0.39, 0.29) is 12.5 Å². The Hall–Kier alpha value is -1.81. The van der Waals surface area contributed by atoms with E-state index in [1.54, 1.807) is 34.6 Å². The lowest BCUT2D eigenvalue weighted by atomic mass is 10.00. The minimum atomic E-state index is -0.963. The molecule has 2 rings (SSSR count). The summed E-state index contributed by atoms with van der Waals surface area (Å²) in [5.41, 5.74) is 0. The third-order valence-electron chi connectivity index (χ3n) is 4.22. The van der Waals surface area contributed by atoms with Crippen LogP contribution in [0.2, 0.25) is 0 Å². The molecule has 2 saturated heterocycles. The van der Waals surface area contributed by atoms with Gasteiger partial charge in [-0.3, -0.25) is 9.59 Å². The van der Waals surface area contributed by atoms with Crippen molar-refractivity contribution in [1.82, 2.24) is 5.32 Å². The Morgan fingerprint density at radius 1 is 1.14 bits per heavy atom. The molecular formula is C19H29NO8. The fourth-order valence-electron chi connectivity index (χ4n) is 3.20. The average Bonchev–Trinajstić information content (AvgIpc) is 3.09. The molecule has 9 nitrogen and oxygen atoms in total. The van der Waals surface area contributed by atoms with E-state index in [9.17, 15) is 14.4 Å². The Bertz CT molecular complexity index is 642. The largest absolute Gasteiger partial charge is 0.460 e. The Balaban J connectivity index is 2.22. The molecule has 2 aliphatic heterocycles. The first-order chi connectivity index (χ1) is 12.9. The maximum Gasteiger partial charge on any atom is 0.378 e. The third-order valence-corrected chi connectivity index (χ3v) is 4.22. The molecule has 0 spiro atoms. The second-order valence-corrected chi connectivity index (χ2v) is 7.60. The Morgan fingerprint density at radius 3 is 2.36 bits per heavy atom. The van der Waals surface area contributed by atoms with E-state index in [4.69, 9.17) is 18.9 Å². The molecule has 0 aromatic rings. The maximum atomic E-state index is 11.9. The lowest BCUT2D eigenvalue weighted by Crippen LogP contribution is -2.50. The van der Waals surface area contributed by atoms with Crippen LogP contribution in [0.15, 0.2) is 12.2 Å². The van der Waals surface area contributed by atoms with Crippen LogP contribution in [0.25, 0.3) is 0 Å². The predicted octanol–water partition coefficient (Wildman–Crippen LogP) is 0.851. The van der Waals surface area contributed by atoms with Crippen LogP contribution in [0.5, 0.6) is 0 Å². The minimum absolute atomic E-state index is 0.0954. The van der Waals surface area contributed by atoms with Crippen LogP contribution in [-0.2, 0) is 38.1 Å². The molecule has 158 valence electrons. The zero-order chi connectivity index (χ0) is 21.1. The zero-order valence-corrected chi connectivity index (χ0v) is 17.1. The molecule has 0 unspecified atom stereocenters. The number of rotatable bonds is 7. The first-order valence-corrected chi connectivity index (χ1v) is 9.28. The van der Waals surface area contributed by atoms with Crippen LogP contribution < -0.4 is 5.32 Å². The highest BCUT2D eigenvalue weighted by atomic mass is 16.8. The summed E-state index contributed by atoms with van der Waals surface area (Å²) < 4.78 is 28.2. The number of amides is 1. The van der Waals surface area contributed by atoms with E-state index >= 15 is 0 Å². The van der Waals surface area contributed by atoms with Gasteiger partial charge in [0.15, 0.2) is 11.6 Å². The van der Waals surface area contributed by atoms with Crippen LogP contribution in [0, 0.1) is 0 Å². The van der Waals surface area contributed by atoms with Gasteiger partial charge in [-0.15, -0.1) is 0 Å². The molecule has 0 aromatic heterocycles. The summed E-state index contributed by atoms with van der Waals surface area (Å²) >= 11 is 0. The van der Waals surface area contributed by atoms with Crippen molar-refractivity contribution >= 4 is 17.7 Å². The average molecular weight is 399 g/mol. The summed E-state index contributed by atoms with van der Waals surface area (Å²) in [6, 6.07) is -0.727. The molecule has 4 atom stereocenters. The lowest BCUT2D eigenvalue weighted by molar-refractivity contribution is -0.174. The van der Waals surface area contributed by atoms with Gasteiger partial charge in [0.25, 0.3) is 5.78 Å². The quantitative estimate of drug-likeness (QED) is 0.381. The molecule has 28 heavy (non-hydrogen) atoms. The molecule has 9 heteroatoms. The lowest BCUT2D eigenvalue weighted by Gasteiger charge is -2.28. The molecule has 0 aliphatic carbocycles. The van der Waals surface area contributed by atoms with Crippen molar-refractivity contribution in [2.24, 2.45) is 0 Å². The van der Waals surface area contributed by atoms with Gasteiger partial charge < -0.3 is 29.0 Å². The maximum absolute atomic E-state index is 11.9. The van der Waals surface area contributed by atoms with Crippen LogP contribution in [-0.4, -0.2) is 66.8 Å². The normalized spacial score (nSPS) is 29.6. The van der Waals surface area contributed by atoms with Gasteiger partial charge in [0.2, 0.25) is 5.91 Å². The van der Waals surface area contributed by atoms with Gasteiger partial charge in [0.05, 0.1) is 19.3 Å². The van der Waals surface area contributed by atoms with Crippen molar-refractivity contribution in [2.45, 2.75) is 77.5 Å². The highest BCUT2D eigenvalue weighted by molar-refractivity contribution is 6.38. The van der Waals surface area contributed by atoms with Crippen molar-refractivity contribution in [3.8, 4) is 0 Å². The molecule has 1 N–H and O–H groups in total. The molecule has 0 saturated carbocycles. The number of hydrogen-bond acceptors (Lipinski definition) is 8. The van der Waals surface area contributed by atoms with Crippen LogP contribution in [0.3, 0.4) is 0 Å². The van der Waals surface area contributed by atoms with Gasteiger partial charge in [-0.05, 0) is 40.7 Å². The highest BCUT2D eigenvalue weighted by Gasteiger charge is 2.51. The van der Waals surface area contributed by atoms with E-state index in [1.165, 1.54) is 13.0 Å². The van der Waals surface area contributed by atoms with Gasteiger partial charge in [0, 0.05) is 6.92 Å². The second-order valence-electron chi connectivity index (χ2n) is 7.60. The summed E-state index contributed by atoms with van der Waals surface area (Å²) in [6.07, 6.45) is 0.834. The monoisotopic (exact) mass is 399 g/mol. The molecule has 2 fully saturated rings. The summed E-state index contributed by atoms with van der Waals surface area (Å²) in [7, 11) is 0. The number of hydrogen-bond donors (Lipinski definition) is 1. The Labute approximate surface area is 164 Å². The van der Waals surface area contributed by atoms with E-state index in [0.717, 1.165) is 6.08 Å². The molecule has 0 bridgehead atoms. The SMILES string of the molecule is CCOC(=O)C(=O)/C=C/[C@@H](NC(C)=O)[C@H]1OC(C)(C)O[C@@H]1[C@H]1COC(C)(C)O1. The predicted molar refractivity (Wildman–Crippen MR) is 97.1 cm³/mol. The van der Waals surface area contributed by atoms with E-state index in [2.05, 4.69) is 10.1 Å². The Kier molecular flexibility index (Phi) is 6.97. The summed E-state index contributed by atoms with van der Waals surface area (Å²) in [4.78, 5) is 35.2. The fraction of sp³-hybridized carbons (Fsp3) is 0.737. The fourth-order valence-corrected chi connectivity index (χ4v) is 3.20. The summed E-state index contributed by atoms with van der Waals surface area (Å²) in [6.45, 7) is 10.4. The minimum Gasteiger partial charge on any atom is -0.460 e. The van der Waals surface area contributed by atoms with Gasteiger partial charge in [-0.1, -0.05) is 6.08 Å². The van der Waals surface area contributed by atoms with E-state index in [1.807, 2.05) is 0 Å². The van der Waals surface area contributed by atoms with Crippen LogP contribution in [0.4, 0.5) is 0 Å². The molecular weight excluding hydrogens is 370 g/mol.